The molecule has 0 unspecified atom stereocenters. The van der Waals surface area contributed by atoms with E-state index in [4.69, 9.17) is 0 Å². The maximum Gasteiger partial charge on any atom is 0.0159 e. The van der Waals surface area contributed by atoms with E-state index >= 15 is 0 Å². The van der Waals surface area contributed by atoms with E-state index in [9.17, 15) is 0 Å². The highest BCUT2D eigenvalue weighted by Crippen LogP contribution is 2.51. The Hall–Kier alpha value is -8.32. The lowest BCUT2D eigenvalue weighted by molar-refractivity contribution is 0.661. The molecule has 1 aliphatic rings. The number of benzene rings is 12. The molecule has 0 nitrogen and oxygen atoms in total. The number of hydrogen-bond donors (Lipinski definition) is 0. The lowest BCUT2D eigenvalue weighted by Crippen LogP contribution is -2.15. The predicted molar refractivity (Wildman–Crippen MR) is 296 cm³/mol. The minimum absolute atomic E-state index is 0.137. The van der Waals surface area contributed by atoms with Crippen molar-refractivity contribution in [3.8, 4) is 77.9 Å². The third-order valence-electron chi connectivity index (χ3n) is 15.5. The topological polar surface area (TPSA) is 0 Å². The number of aryl methyl sites for hydroxylation is 2. The minimum Gasteiger partial charge on any atom is -0.0616 e. The maximum atomic E-state index is 2.43. The normalized spacial score (nSPS) is 12.8. The van der Waals surface area contributed by atoms with Gasteiger partial charge in [-0.3, -0.25) is 0 Å². The first-order valence-electron chi connectivity index (χ1n) is 24.3. The first-order chi connectivity index (χ1) is 33.8. The van der Waals surface area contributed by atoms with Crippen LogP contribution in [0.25, 0.3) is 121 Å². The molecule has 326 valence electrons. The van der Waals surface area contributed by atoms with Gasteiger partial charge in [-0.1, -0.05) is 232 Å². The highest BCUT2D eigenvalue weighted by atomic mass is 14.4. The van der Waals surface area contributed by atoms with Crippen molar-refractivity contribution in [2.24, 2.45) is 0 Å². The lowest BCUT2D eigenvalue weighted by Gasteiger charge is -2.23. The molecule has 0 amide bonds. The van der Waals surface area contributed by atoms with E-state index in [-0.39, 0.29) is 5.41 Å². The van der Waals surface area contributed by atoms with E-state index in [2.05, 4.69) is 258 Å². The van der Waals surface area contributed by atoms with Crippen molar-refractivity contribution in [1.82, 2.24) is 0 Å². The van der Waals surface area contributed by atoms with Gasteiger partial charge in [0.25, 0.3) is 0 Å². The highest BCUT2D eigenvalue weighted by molar-refractivity contribution is 6.16. The summed E-state index contributed by atoms with van der Waals surface area (Å²) >= 11 is 0. The van der Waals surface area contributed by atoms with E-state index in [0.717, 1.165) is 0 Å². The molecule has 0 fully saturated rings. The van der Waals surface area contributed by atoms with Crippen LogP contribution in [0, 0.1) is 13.8 Å². The molecule has 12 aromatic carbocycles. The molecule has 0 saturated heterocycles. The third kappa shape index (κ3) is 6.58. The second-order valence-corrected chi connectivity index (χ2v) is 19.6. The molecule has 0 heteroatoms. The Bertz CT molecular complexity index is 3880. The Morgan fingerprint density at radius 2 is 0.449 bits per heavy atom. The zero-order chi connectivity index (χ0) is 46.4. The second kappa shape index (κ2) is 15.9. The zero-order valence-electron chi connectivity index (χ0n) is 39.4. The molecule has 0 spiro atoms. The zero-order valence-corrected chi connectivity index (χ0v) is 39.4. The molecule has 0 aliphatic heterocycles. The quantitative estimate of drug-likeness (QED) is 0.146. The van der Waals surface area contributed by atoms with Crippen LogP contribution in [0.4, 0.5) is 0 Å². The van der Waals surface area contributed by atoms with Crippen molar-refractivity contribution in [2.75, 3.05) is 0 Å². The van der Waals surface area contributed by atoms with Gasteiger partial charge in [0.05, 0.1) is 0 Å². The summed E-state index contributed by atoms with van der Waals surface area (Å²) in [5.74, 6) is 0. The maximum absolute atomic E-state index is 2.43. The Labute approximate surface area is 404 Å². The highest BCUT2D eigenvalue weighted by Gasteiger charge is 2.36. The first kappa shape index (κ1) is 40.9. The van der Waals surface area contributed by atoms with Crippen LogP contribution in [0.3, 0.4) is 0 Å². The fourth-order valence-electron chi connectivity index (χ4n) is 11.8. The van der Waals surface area contributed by atoms with Crippen LogP contribution < -0.4 is 0 Å². The molecule has 13 rings (SSSR count). The Kier molecular flexibility index (Phi) is 9.43. The van der Waals surface area contributed by atoms with Gasteiger partial charge < -0.3 is 0 Å². The van der Waals surface area contributed by atoms with Gasteiger partial charge in [-0.25, -0.2) is 0 Å². The molecule has 0 saturated carbocycles. The van der Waals surface area contributed by atoms with Crippen LogP contribution >= 0.6 is 0 Å². The van der Waals surface area contributed by atoms with Gasteiger partial charge in [-0.15, -0.1) is 0 Å². The number of rotatable bonds is 6. The largest absolute Gasteiger partial charge is 0.0616 e. The smallest absolute Gasteiger partial charge is 0.0159 e. The van der Waals surface area contributed by atoms with Crippen LogP contribution in [-0.4, -0.2) is 0 Å². The minimum atomic E-state index is -0.137. The van der Waals surface area contributed by atoms with Gasteiger partial charge in [0.2, 0.25) is 0 Å². The van der Waals surface area contributed by atoms with Gasteiger partial charge in [0.1, 0.15) is 0 Å². The molecule has 12 aromatic rings. The SMILES string of the molecule is Cc1c2ccccc2c(-c2ccc(-c3ccc(-c4ccc(-c5ccc6c(c5)C(C)(C)c5cc(-c7ccc(-c8c9ccccc9c(C)c9ccccc89)cc7)ccc5-6)cc4)cc3)cc2)c2ccccc12. The van der Waals surface area contributed by atoms with Gasteiger partial charge in [-0.05, 0) is 169 Å². The fraction of sp³-hybridized carbons (Fsp3) is 0.0725. The van der Waals surface area contributed by atoms with Gasteiger partial charge >= 0.3 is 0 Å². The Morgan fingerprint density at radius 1 is 0.232 bits per heavy atom. The Morgan fingerprint density at radius 3 is 0.725 bits per heavy atom. The lowest BCUT2D eigenvalue weighted by atomic mass is 9.80. The molecular weight excluding hydrogens is 829 g/mol. The molecule has 0 N–H and O–H groups in total. The van der Waals surface area contributed by atoms with E-state index < -0.39 is 0 Å². The van der Waals surface area contributed by atoms with Gasteiger partial charge in [0, 0.05) is 5.41 Å². The van der Waals surface area contributed by atoms with Crippen LogP contribution in [0.15, 0.2) is 231 Å². The summed E-state index contributed by atoms with van der Waals surface area (Å²) in [5, 5.41) is 10.5. The van der Waals surface area contributed by atoms with Crippen molar-refractivity contribution in [1.29, 1.82) is 0 Å². The predicted octanol–water partition coefficient (Wildman–Crippen LogP) is 19.2. The summed E-state index contributed by atoms with van der Waals surface area (Å²) in [7, 11) is 0. The van der Waals surface area contributed by atoms with Gasteiger partial charge in [-0.2, -0.15) is 0 Å². The van der Waals surface area contributed by atoms with Crippen molar-refractivity contribution >= 4 is 43.1 Å². The summed E-state index contributed by atoms with van der Waals surface area (Å²) in [5.41, 5.74) is 22.9. The van der Waals surface area contributed by atoms with Crippen molar-refractivity contribution in [3.63, 3.8) is 0 Å². The summed E-state index contributed by atoms with van der Waals surface area (Å²) in [6.07, 6.45) is 0. The standard InChI is InChI=1S/C69H50/c1-43-55-13-5-9-17-61(55)67(62-18-10-6-14-56(43)62)51-33-29-48(30-34-51)46-23-21-45(22-24-46)47-25-27-49(28-26-47)53-37-39-59-60-40-38-54(42-66(60)69(3,4)65(59)41-53)50-31-35-52(36-32-50)68-63-19-11-7-15-57(63)44(2)58-16-8-12-20-64(58)68/h5-42H,1-4H3. The van der Waals surface area contributed by atoms with Crippen molar-refractivity contribution in [2.45, 2.75) is 33.1 Å². The summed E-state index contributed by atoms with van der Waals surface area (Å²) < 4.78 is 0. The van der Waals surface area contributed by atoms with Crippen molar-refractivity contribution < 1.29 is 0 Å². The van der Waals surface area contributed by atoms with Crippen LogP contribution in [-0.2, 0) is 5.41 Å². The van der Waals surface area contributed by atoms with Crippen molar-refractivity contribution in [3.05, 3.63) is 253 Å². The third-order valence-corrected chi connectivity index (χ3v) is 15.5. The molecule has 69 heavy (non-hydrogen) atoms. The number of hydrogen-bond acceptors (Lipinski definition) is 0. The molecule has 0 heterocycles. The summed E-state index contributed by atoms with van der Waals surface area (Å²) in [6.45, 7) is 9.26. The molecular formula is C69H50. The molecule has 0 radical (unpaired) electrons. The molecule has 0 aromatic heterocycles. The van der Waals surface area contributed by atoms with Gasteiger partial charge in [0.15, 0.2) is 0 Å². The summed E-state index contributed by atoms with van der Waals surface area (Å²) in [4.78, 5) is 0. The van der Waals surface area contributed by atoms with Crippen LogP contribution in [0.5, 0.6) is 0 Å². The van der Waals surface area contributed by atoms with E-state index in [0.29, 0.717) is 0 Å². The van der Waals surface area contributed by atoms with E-state index in [1.807, 2.05) is 0 Å². The number of fused-ring (bicyclic) bond motifs is 7. The fourth-order valence-corrected chi connectivity index (χ4v) is 11.8. The van der Waals surface area contributed by atoms with E-state index in [1.54, 1.807) is 0 Å². The average molecular weight is 879 g/mol. The van der Waals surface area contributed by atoms with Crippen LogP contribution in [0.2, 0.25) is 0 Å². The first-order valence-corrected chi connectivity index (χ1v) is 24.3. The molecule has 0 bridgehead atoms. The van der Waals surface area contributed by atoms with Crippen LogP contribution in [0.1, 0.15) is 36.1 Å². The monoisotopic (exact) mass is 878 g/mol. The average Bonchev–Trinajstić information content (AvgIpc) is 3.63. The molecule has 1 aliphatic carbocycles. The summed E-state index contributed by atoms with van der Waals surface area (Å²) in [6, 6.07) is 85.9. The molecule has 0 atom stereocenters. The van der Waals surface area contributed by atoms with E-state index in [1.165, 1.54) is 143 Å². The second-order valence-electron chi connectivity index (χ2n) is 19.6. The Balaban J connectivity index is 0.740.